The summed E-state index contributed by atoms with van der Waals surface area (Å²) < 4.78 is 6.00. The van der Waals surface area contributed by atoms with Gasteiger partial charge in [-0.2, -0.15) is 0 Å². The molecule has 5 rings (SSSR count). The third-order valence-electron chi connectivity index (χ3n) is 14.1. The maximum Gasteiger partial charge on any atom is 0.313 e. The van der Waals surface area contributed by atoms with Gasteiger partial charge in [-0.25, -0.2) is 0 Å². The first-order chi connectivity index (χ1) is 17.1. The lowest BCUT2D eigenvalue weighted by Crippen LogP contribution is -2.66. The highest BCUT2D eigenvalue weighted by Crippen LogP contribution is 2.77. The summed E-state index contributed by atoms with van der Waals surface area (Å²) in [5, 5.41) is 0. The summed E-state index contributed by atoms with van der Waals surface area (Å²) in [4.78, 5) is 24.0. The van der Waals surface area contributed by atoms with Crippen molar-refractivity contribution < 1.29 is 14.3 Å². The third-order valence-corrected chi connectivity index (χ3v) is 14.1. The molecule has 0 unspecified atom stereocenters. The molecule has 3 nitrogen and oxygen atoms in total. The molecule has 3 heteroatoms. The summed E-state index contributed by atoms with van der Waals surface area (Å²) in [6, 6.07) is 0. The molecule has 0 aliphatic heterocycles. The van der Waals surface area contributed by atoms with Crippen molar-refractivity contribution in [2.24, 2.45) is 56.7 Å². The summed E-state index contributed by atoms with van der Waals surface area (Å²) >= 11 is 0. The largest absolute Gasteiger partial charge is 0.461 e. The molecular formula is C34H54O3. The van der Waals surface area contributed by atoms with E-state index in [4.69, 9.17) is 4.74 Å². The van der Waals surface area contributed by atoms with E-state index in [9.17, 15) is 9.59 Å². The molecule has 37 heavy (non-hydrogen) atoms. The van der Waals surface area contributed by atoms with E-state index in [-0.39, 0.29) is 35.1 Å². The minimum Gasteiger partial charge on any atom is -0.461 e. The molecule has 5 aliphatic rings. The number of esters is 1. The normalized spacial score (nSPS) is 50.2. The summed E-state index contributed by atoms with van der Waals surface area (Å²) in [6.07, 6.45) is 12.6. The van der Waals surface area contributed by atoms with Gasteiger partial charge < -0.3 is 4.74 Å². The Morgan fingerprint density at radius 2 is 1.49 bits per heavy atom. The first-order valence-corrected chi connectivity index (χ1v) is 15.4. The fourth-order valence-corrected chi connectivity index (χ4v) is 12.1. The van der Waals surface area contributed by atoms with E-state index in [1.807, 2.05) is 0 Å². The van der Waals surface area contributed by atoms with Gasteiger partial charge in [0.1, 0.15) is 18.3 Å². The van der Waals surface area contributed by atoms with E-state index in [2.05, 4.69) is 55.0 Å². The maximum absolute atomic E-state index is 12.5. The van der Waals surface area contributed by atoms with Crippen molar-refractivity contribution in [1.82, 2.24) is 0 Å². The maximum atomic E-state index is 12.5. The van der Waals surface area contributed by atoms with Crippen LogP contribution < -0.4 is 0 Å². The average molecular weight is 511 g/mol. The number of allylic oxidation sites excluding steroid dienone is 1. The fourth-order valence-electron chi connectivity index (χ4n) is 12.1. The molecule has 0 N–H and O–H groups in total. The molecule has 5 saturated carbocycles. The van der Waals surface area contributed by atoms with Gasteiger partial charge in [0.15, 0.2) is 0 Å². The molecule has 10 atom stereocenters. The molecule has 0 aromatic carbocycles. The van der Waals surface area contributed by atoms with Crippen molar-refractivity contribution in [3.05, 3.63) is 12.2 Å². The van der Waals surface area contributed by atoms with Crippen LogP contribution in [0.15, 0.2) is 12.2 Å². The Morgan fingerprint density at radius 1 is 0.784 bits per heavy atom. The van der Waals surface area contributed by atoms with Gasteiger partial charge in [0.2, 0.25) is 0 Å². The van der Waals surface area contributed by atoms with Crippen molar-refractivity contribution in [3.63, 3.8) is 0 Å². The Hall–Kier alpha value is -1.12. The molecule has 5 fully saturated rings. The SMILES string of the molecule is C=C(C)[C@@H]1CC[C@]2(C)CC[C@]3(C)[C@H](CC[C@@H]4[C@@]5(C)CC[C@H](OC(=O)CC(C)=O)C(C)(C)[C@@H]5CC[C@]43C)[C@@H]12. The topological polar surface area (TPSA) is 43.4 Å². The number of ketones is 1. The standard InChI is InChI=1S/C34H54O3/c1-21(2)23-12-15-31(6)18-19-33(8)24(29(23)31)10-11-26-32(7)16-14-27(37-28(36)20-22(3)35)30(4,5)25(32)13-17-34(26,33)9/h23-27,29H,1,10-20H2,2-9H3/t23-,24+,25-,26+,27-,29+,31+,32-,33+,34+/m0/s1. The minimum atomic E-state index is -0.336. The monoisotopic (exact) mass is 510 g/mol. The fraction of sp³-hybridized carbons (Fsp3) is 0.882. The minimum absolute atomic E-state index is 0.0693. The van der Waals surface area contributed by atoms with Crippen molar-refractivity contribution >= 4 is 11.8 Å². The Kier molecular flexibility index (Phi) is 6.45. The van der Waals surface area contributed by atoms with E-state index >= 15 is 0 Å². The summed E-state index contributed by atoms with van der Waals surface area (Å²) in [7, 11) is 0. The van der Waals surface area contributed by atoms with Gasteiger partial charge in [-0.3, -0.25) is 9.59 Å². The van der Waals surface area contributed by atoms with Gasteiger partial charge in [0, 0.05) is 5.41 Å². The van der Waals surface area contributed by atoms with Crippen molar-refractivity contribution in [2.45, 2.75) is 132 Å². The molecule has 0 heterocycles. The number of hydrogen-bond donors (Lipinski definition) is 0. The highest BCUT2D eigenvalue weighted by molar-refractivity contribution is 5.94. The Labute approximate surface area is 227 Å². The van der Waals surface area contributed by atoms with Crippen LogP contribution in [0.4, 0.5) is 0 Å². The van der Waals surface area contributed by atoms with E-state index < -0.39 is 0 Å². The zero-order valence-electron chi connectivity index (χ0n) is 25.2. The third kappa shape index (κ3) is 3.78. The van der Waals surface area contributed by atoms with Crippen LogP contribution in [0.2, 0.25) is 0 Å². The molecule has 208 valence electrons. The van der Waals surface area contributed by atoms with E-state index in [1.165, 1.54) is 63.9 Å². The lowest BCUT2D eigenvalue weighted by molar-refractivity contribution is -0.249. The smallest absolute Gasteiger partial charge is 0.313 e. The second-order valence-corrected chi connectivity index (χ2v) is 16.1. The predicted molar refractivity (Wildman–Crippen MR) is 150 cm³/mol. The lowest BCUT2D eigenvalue weighted by Gasteiger charge is -2.73. The number of rotatable bonds is 4. The van der Waals surface area contributed by atoms with Gasteiger partial charge in [-0.15, -0.1) is 0 Å². The lowest BCUT2D eigenvalue weighted by atomic mass is 9.32. The van der Waals surface area contributed by atoms with E-state index in [0.29, 0.717) is 28.1 Å². The van der Waals surface area contributed by atoms with E-state index in [1.54, 1.807) is 0 Å². The van der Waals surface area contributed by atoms with Gasteiger partial charge in [0.05, 0.1) is 0 Å². The number of Topliss-reactive ketones (excluding diaryl/α,β-unsaturated/α-hetero) is 1. The Morgan fingerprint density at radius 3 is 2.14 bits per heavy atom. The van der Waals surface area contributed by atoms with Crippen LogP contribution in [0.1, 0.15) is 126 Å². The Balaban J connectivity index is 1.44. The number of carbonyl (C=O) groups excluding carboxylic acids is 2. The molecule has 0 radical (unpaired) electrons. The molecule has 0 aromatic heterocycles. The molecule has 0 amide bonds. The number of fused-ring (bicyclic) bond motifs is 7. The first kappa shape index (κ1) is 27.4. The first-order valence-electron chi connectivity index (χ1n) is 15.4. The number of hydrogen-bond acceptors (Lipinski definition) is 3. The van der Waals surface area contributed by atoms with Gasteiger partial charge >= 0.3 is 5.97 Å². The molecule has 5 aliphatic carbocycles. The molecule has 0 aromatic rings. The quantitative estimate of drug-likeness (QED) is 0.216. The van der Waals surface area contributed by atoms with Crippen molar-refractivity contribution in [3.8, 4) is 0 Å². The Bertz CT molecular complexity index is 980. The van der Waals surface area contributed by atoms with Crippen LogP contribution in [-0.4, -0.2) is 17.9 Å². The zero-order valence-corrected chi connectivity index (χ0v) is 25.2. The number of carbonyl (C=O) groups is 2. The van der Waals surface area contributed by atoms with Gasteiger partial charge in [-0.05, 0) is 129 Å². The highest BCUT2D eigenvalue weighted by Gasteiger charge is 2.70. The van der Waals surface area contributed by atoms with Crippen LogP contribution in [0.3, 0.4) is 0 Å². The highest BCUT2D eigenvalue weighted by atomic mass is 16.5. The average Bonchev–Trinajstić information content (AvgIpc) is 3.14. The molecular weight excluding hydrogens is 456 g/mol. The second kappa shape index (κ2) is 8.69. The zero-order chi connectivity index (χ0) is 27.2. The van der Waals surface area contributed by atoms with Gasteiger partial charge in [0.25, 0.3) is 0 Å². The van der Waals surface area contributed by atoms with Crippen LogP contribution in [0.5, 0.6) is 0 Å². The number of ether oxygens (including phenoxy) is 1. The van der Waals surface area contributed by atoms with Crippen LogP contribution >= 0.6 is 0 Å². The molecule has 0 spiro atoms. The molecule has 0 bridgehead atoms. The van der Waals surface area contributed by atoms with E-state index in [0.717, 1.165) is 30.6 Å². The van der Waals surface area contributed by atoms with Crippen LogP contribution in [-0.2, 0) is 14.3 Å². The molecule has 0 saturated heterocycles. The summed E-state index contributed by atoms with van der Waals surface area (Å²) in [6.45, 7) is 23.6. The van der Waals surface area contributed by atoms with Crippen LogP contribution in [0, 0.1) is 56.7 Å². The van der Waals surface area contributed by atoms with Crippen molar-refractivity contribution in [2.75, 3.05) is 0 Å². The van der Waals surface area contributed by atoms with Crippen molar-refractivity contribution in [1.29, 1.82) is 0 Å². The second-order valence-electron chi connectivity index (χ2n) is 16.1. The summed E-state index contributed by atoms with van der Waals surface area (Å²) in [5.41, 5.74) is 2.89. The van der Waals surface area contributed by atoms with Gasteiger partial charge in [-0.1, -0.05) is 53.7 Å². The van der Waals surface area contributed by atoms with Crippen LogP contribution in [0.25, 0.3) is 0 Å². The predicted octanol–water partition coefficient (Wildman–Crippen LogP) is 8.55. The summed E-state index contributed by atoms with van der Waals surface area (Å²) in [5.74, 6) is 3.15.